The van der Waals surface area contributed by atoms with Crippen molar-refractivity contribution in [3.63, 3.8) is 0 Å². The molecule has 1 saturated carbocycles. The Bertz CT molecular complexity index is 487. The summed E-state index contributed by atoms with van der Waals surface area (Å²) in [4.78, 5) is 11.8. The summed E-state index contributed by atoms with van der Waals surface area (Å²) in [6.45, 7) is 2.26. The van der Waals surface area contributed by atoms with Crippen LogP contribution in [-0.2, 0) is 4.79 Å². The molecule has 1 fully saturated rings. The summed E-state index contributed by atoms with van der Waals surface area (Å²) < 4.78 is 0.810. The van der Waals surface area contributed by atoms with Crippen molar-refractivity contribution in [3.05, 3.63) is 27.7 Å². The minimum absolute atomic E-state index is 0.282. The van der Waals surface area contributed by atoms with Gasteiger partial charge < -0.3 is 11.1 Å². The molecular formula is C15H20BrClN2O. The second-order valence-corrected chi connectivity index (χ2v) is 6.93. The van der Waals surface area contributed by atoms with Crippen molar-refractivity contribution in [3.8, 4) is 0 Å². The van der Waals surface area contributed by atoms with E-state index < -0.39 is 0 Å². The number of carbonyl (C=O) groups excluding carboxylic acids is 1. The van der Waals surface area contributed by atoms with Crippen LogP contribution in [0.4, 0.5) is 5.69 Å². The van der Waals surface area contributed by atoms with Gasteiger partial charge in [-0.15, -0.1) is 0 Å². The van der Waals surface area contributed by atoms with Gasteiger partial charge in [-0.25, -0.2) is 0 Å². The van der Waals surface area contributed by atoms with Crippen molar-refractivity contribution in [2.24, 2.45) is 17.6 Å². The van der Waals surface area contributed by atoms with E-state index in [1.807, 2.05) is 12.1 Å². The van der Waals surface area contributed by atoms with E-state index >= 15 is 0 Å². The lowest BCUT2D eigenvalue weighted by Gasteiger charge is -2.32. The maximum atomic E-state index is 11.8. The third kappa shape index (κ3) is 3.89. The highest BCUT2D eigenvalue weighted by atomic mass is 79.9. The van der Waals surface area contributed by atoms with Crippen LogP contribution in [0.25, 0.3) is 0 Å². The van der Waals surface area contributed by atoms with Gasteiger partial charge in [-0.2, -0.15) is 0 Å². The van der Waals surface area contributed by atoms with Gasteiger partial charge in [-0.1, -0.05) is 31.4 Å². The fraction of sp³-hybridized carbons (Fsp3) is 0.533. The van der Waals surface area contributed by atoms with E-state index in [-0.39, 0.29) is 11.9 Å². The molecule has 0 radical (unpaired) electrons. The first kappa shape index (κ1) is 15.6. The van der Waals surface area contributed by atoms with E-state index in [0.717, 1.165) is 28.9 Å². The lowest BCUT2D eigenvalue weighted by atomic mass is 9.79. The second kappa shape index (κ2) is 6.81. The van der Waals surface area contributed by atoms with Crippen LogP contribution in [-0.4, -0.2) is 11.9 Å². The number of carbonyl (C=O) groups is 1. The van der Waals surface area contributed by atoms with Crippen molar-refractivity contribution >= 4 is 39.1 Å². The molecule has 110 valence electrons. The molecule has 0 aliphatic heterocycles. The summed E-state index contributed by atoms with van der Waals surface area (Å²) in [5, 5.41) is 3.92. The molecule has 0 aromatic heterocycles. The summed E-state index contributed by atoms with van der Waals surface area (Å²) in [6, 6.07) is 5.24. The van der Waals surface area contributed by atoms with E-state index in [0.29, 0.717) is 10.9 Å². The van der Waals surface area contributed by atoms with Crippen LogP contribution < -0.4 is 11.1 Å². The summed E-state index contributed by atoms with van der Waals surface area (Å²) in [6.07, 6.45) is 4.44. The zero-order valence-corrected chi connectivity index (χ0v) is 13.9. The largest absolute Gasteiger partial charge is 0.373 e. The SMILES string of the molecule is CC1CCC(C(Nc2ccc(Cl)c(Br)c2)C(N)=O)CC1. The normalized spacial score (nSPS) is 24.1. The monoisotopic (exact) mass is 358 g/mol. The highest BCUT2D eigenvalue weighted by Gasteiger charge is 2.29. The van der Waals surface area contributed by atoms with Crippen LogP contribution in [0.2, 0.25) is 5.02 Å². The third-order valence-electron chi connectivity index (χ3n) is 4.08. The Kier molecular flexibility index (Phi) is 5.33. The first-order chi connectivity index (χ1) is 9.47. The Morgan fingerprint density at radius 3 is 2.60 bits per heavy atom. The molecule has 1 aliphatic carbocycles. The molecule has 5 heteroatoms. The van der Waals surface area contributed by atoms with Gasteiger partial charge in [0.15, 0.2) is 0 Å². The molecule has 20 heavy (non-hydrogen) atoms. The Morgan fingerprint density at radius 1 is 1.40 bits per heavy atom. The van der Waals surface area contributed by atoms with E-state index in [1.165, 1.54) is 12.8 Å². The van der Waals surface area contributed by atoms with E-state index in [4.69, 9.17) is 17.3 Å². The molecule has 0 saturated heterocycles. The van der Waals surface area contributed by atoms with Gasteiger partial charge in [0.05, 0.1) is 5.02 Å². The van der Waals surface area contributed by atoms with E-state index in [2.05, 4.69) is 28.2 Å². The standard InChI is InChI=1S/C15H20BrClN2O/c1-9-2-4-10(5-3-9)14(15(18)20)19-11-6-7-13(17)12(16)8-11/h6-10,14,19H,2-5H2,1H3,(H2,18,20). The lowest BCUT2D eigenvalue weighted by molar-refractivity contribution is -0.120. The van der Waals surface area contributed by atoms with Crippen LogP contribution in [0.1, 0.15) is 32.6 Å². The quantitative estimate of drug-likeness (QED) is 0.846. The molecule has 1 aromatic rings. The van der Waals surface area contributed by atoms with Crippen LogP contribution in [0, 0.1) is 11.8 Å². The molecular weight excluding hydrogens is 340 g/mol. The van der Waals surface area contributed by atoms with Crippen molar-refractivity contribution in [2.45, 2.75) is 38.6 Å². The number of nitrogens with two attached hydrogens (primary N) is 1. The Hall–Kier alpha value is -0.740. The topological polar surface area (TPSA) is 55.1 Å². The second-order valence-electron chi connectivity index (χ2n) is 5.67. The van der Waals surface area contributed by atoms with Gasteiger partial charge in [0.25, 0.3) is 0 Å². The van der Waals surface area contributed by atoms with Gasteiger partial charge in [0.1, 0.15) is 6.04 Å². The summed E-state index contributed by atoms with van der Waals surface area (Å²) in [5.74, 6) is 0.790. The highest BCUT2D eigenvalue weighted by molar-refractivity contribution is 9.10. The predicted octanol–water partition coefficient (Wildman–Crippen LogP) is 4.19. The number of benzene rings is 1. The van der Waals surface area contributed by atoms with Gasteiger partial charge in [0.2, 0.25) is 5.91 Å². The number of amides is 1. The van der Waals surface area contributed by atoms with Crippen LogP contribution in [0.3, 0.4) is 0 Å². The summed E-state index contributed by atoms with van der Waals surface area (Å²) >= 11 is 9.37. The number of primary amides is 1. The number of hydrogen-bond donors (Lipinski definition) is 2. The lowest BCUT2D eigenvalue weighted by Crippen LogP contribution is -2.42. The summed E-state index contributed by atoms with van der Waals surface area (Å²) in [7, 11) is 0. The molecule has 1 unspecified atom stereocenters. The maximum Gasteiger partial charge on any atom is 0.240 e. The molecule has 1 aromatic carbocycles. The zero-order valence-electron chi connectivity index (χ0n) is 11.5. The van der Waals surface area contributed by atoms with Crippen molar-refractivity contribution < 1.29 is 4.79 Å². The van der Waals surface area contributed by atoms with Crippen LogP contribution in [0.5, 0.6) is 0 Å². The Labute approximate surface area is 133 Å². The number of hydrogen-bond acceptors (Lipinski definition) is 2. The Balaban J connectivity index is 2.09. The minimum Gasteiger partial charge on any atom is -0.373 e. The molecule has 0 spiro atoms. The third-order valence-corrected chi connectivity index (χ3v) is 5.29. The molecule has 2 rings (SSSR count). The van der Waals surface area contributed by atoms with E-state index in [1.54, 1.807) is 6.07 Å². The predicted molar refractivity (Wildman–Crippen MR) is 86.9 cm³/mol. The zero-order chi connectivity index (χ0) is 14.7. The summed E-state index contributed by atoms with van der Waals surface area (Å²) in [5.41, 5.74) is 6.44. The molecule has 0 bridgehead atoms. The molecule has 3 N–H and O–H groups in total. The Morgan fingerprint density at radius 2 is 2.05 bits per heavy atom. The van der Waals surface area contributed by atoms with Crippen molar-refractivity contribution in [1.82, 2.24) is 0 Å². The molecule has 1 atom stereocenters. The highest BCUT2D eigenvalue weighted by Crippen LogP contribution is 2.32. The van der Waals surface area contributed by atoms with Crippen molar-refractivity contribution in [1.29, 1.82) is 0 Å². The molecule has 1 amide bonds. The maximum absolute atomic E-state index is 11.8. The van der Waals surface area contributed by atoms with Gasteiger partial charge in [-0.05, 0) is 58.8 Å². The first-order valence-corrected chi connectivity index (χ1v) is 8.15. The fourth-order valence-electron chi connectivity index (χ4n) is 2.81. The van der Waals surface area contributed by atoms with Gasteiger partial charge in [-0.3, -0.25) is 4.79 Å². The molecule has 0 heterocycles. The smallest absolute Gasteiger partial charge is 0.240 e. The number of anilines is 1. The molecule has 1 aliphatic rings. The fourth-order valence-corrected chi connectivity index (χ4v) is 3.30. The number of nitrogens with one attached hydrogen (secondary N) is 1. The number of halogens is 2. The minimum atomic E-state index is -0.310. The molecule has 3 nitrogen and oxygen atoms in total. The van der Waals surface area contributed by atoms with Crippen LogP contribution in [0.15, 0.2) is 22.7 Å². The van der Waals surface area contributed by atoms with Gasteiger partial charge in [0, 0.05) is 10.2 Å². The number of rotatable bonds is 4. The van der Waals surface area contributed by atoms with Crippen LogP contribution >= 0.6 is 27.5 Å². The average Bonchev–Trinajstić information content (AvgIpc) is 2.41. The van der Waals surface area contributed by atoms with Gasteiger partial charge >= 0.3 is 0 Å². The van der Waals surface area contributed by atoms with Crippen molar-refractivity contribution in [2.75, 3.05) is 5.32 Å². The average molecular weight is 360 g/mol. The first-order valence-electron chi connectivity index (χ1n) is 6.98. The van der Waals surface area contributed by atoms with E-state index in [9.17, 15) is 4.79 Å².